The van der Waals surface area contributed by atoms with Crippen LogP contribution in [0.4, 0.5) is 13.2 Å². The second-order valence-electron chi connectivity index (χ2n) is 11.1. The molecule has 4 aromatic heterocycles. The standard InChI is InChI=1S/C35H25ClF3N5O4S/c1-4-26-20(6-5-9-41-26)29-23(15-40)30-27(14-25(29)35(37,38)39)43-18(3)44(33(30)45)10-11-48-28-8-7-19(36)13-21(28)22-12-17(2)42-31-24(34(46)47)16-49-32(22)31/h5-9,12-14,16H,4,10-11H2,1-3H3,(H,46,47). The first-order chi connectivity index (χ1) is 23.3. The number of nitrogens with zero attached hydrogens (tertiary/aromatic N) is 5. The third-order valence-corrected chi connectivity index (χ3v) is 9.27. The molecule has 1 N–H and O–H groups in total. The number of fused-ring (bicyclic) bond motifs is 2. The van der Waals surface area contributed by atoms with E-state index in [0.717, 1.165) is 6.07 Å². The smallest absolute Gasteiger partial charge is 0.417 e. The highest BCUT2D eigenvalue weighted by molar-refractivity contribution is 7.18. The van der Waals surface area contributed by atoms with Gasteiger partial charge in [-0.05, 0) is 56.7 Å². The third kappa shape index (κ3) is 6.09. The van der Waals surface area contributed by atoms with E-state index < -0.39 is 34.4 Å². The van der Waals surface area contributed by atoms with E-state index >= 15 is 0 Å². The van der Waals surface area contributed by atoms with Gasteiger partial charge in [0.05, 0.1) is 44.4 Å². The van der Waals surface area contributed by atoms with Crippen molar-refractivity contribution >= 4 is 50.0 Å². The summed E-state index contributed by atoms with van der Waals surface area (Å²) in [6.07, 6.45) is -3.09. The van der Waals surface area contributed by atoms with Crippen LogP contribution in [0.2, 0.25) is 5.02 Å². The normalized spacial score (nSPS) is 11.6. The van der Waals surface area contributed by atoms with Crippen molar-refractivity contribution in [2.75, 3.05) is 6.61 Å². The van der Waals surface area contributed by atoms with Gasteiger partial charge in [0.15, 0.2) is 0 Å². The molecule has 0 unspecified atom stereocenters. The average molecular weight is 704 g/mol. The predicted octanol–water partition coefficient (Wildman–Crippen LogP) is 8.24. The first-order valence-electron chi connectivity index (χ1n) is 14.9. The maximum Gasteiger partial charge on any atom is 0.417 e. The molecule has 14 heteroatoms. The number of aromatic carboxylic acids is 1. The molecule has 0 saturated carbocycles. The Morgan fingerprint density at radius 3 is 2.59 bits per heavy atom. The van der Waals surface area contributed by atoms with Crippen molar-refractivity contribution in [3.8, 4) is 34.1 Å². The molecule has 9 nitrogen and oxygen atoms in total. The number of hydrogen-bond acceptors (Lipinski definition) is 8. The van der Waals surface area contributed by atoms with Crippen LogP contribution in [-0.4, -0.2) is 37.2 Å². The monoisotopic (exact) mass is 703 g/mol. The summed E-state index contributed by atoms with van der Waals surface area (Å²) in [6.45, 7) is 4.85. The van der Waals surface area contributed by atoms with Gasteiger partial charge in [0.1, 0.15) is 24.3 Å². The van der Waals surface area contributed by atoms with Gasteiger partial charge in [-0.15, -0.1) is 11.3 Å². The number of carboxylic acid groups (broad SMARTS) is 1. The summed E-state index contributed by atoms with van der Waals surface area (Å²) < 4.78 is 51.4. The number of pyridine rings is 2. The van der Waals surface area contributed by atoms with Gasteiger partial charge in [0.25, 0.3) is 5.56 Å². The van der Waals surface area contributed by atoms with Crippen LogP contribution in [0.3, 0.4) is 0 Å². The lowest BCUT2D eigenvalue weighted by molar-refractivity contribution is -0.137. The van der Waals surface area contributed by atoms with Crippen LogP contribution >= 0.6 is 22.9 Å². The number of benzene rings is 2. The summed E-state index contributed by atoms with van der Waals surface area (Å²) >= 11 is 7.59. The Morgan fingerprint density at radius 2 is 1.90 bits per heavy atom. The van der Waals surface area contributed by atoms with Gasteiger partial charge in [0, 0.05) is 50.2 Å². The lowest BCUT2D eigenvalue weighted by Crippen LogP contribution is -2.27. The molecular weight excluding hydrogens is 679 g/mol. The Bertz CT molecular complexity index is 2420. The van der Waals surface area contributed by atoms with Gasteiger partial charge < -0.3 is 9.84 Å². The van der Waals surface area contributed by atoms with Crippen molar-refractivity contribution < 1.29 is 27.8 Å². The largest absolute Gasteiger partial charge is 0.491 e. The summed E-state index contributed by atoms with van der Waals surface area (Å²) in [5.74, 6) is -0.584. The molecule has 0 fully saturated rings. The van der Waals surface area contributed by atoms with Crippen LogP contribution in [0.15, 0.2) is 58.8 Å². The maximum absolute atomic E-state index is 14.5. The molecule has 0 bridgehead atoms. The van der Waals surface area contributed by atoms with Gasteiger partial charge in [-0.3, -0.25) is 19.3 Å². The molecular formula is C35H25ClF3N5O4S. The quantitative estimate of drug-likeness (QED) is 0.168. The van der Waals surface area contributed by atoms with E-state index in [1.54, 1.807) is 38.1 Å². The highest BCUT2D eigenvalue weighted by Crippen LogP contribution is 2.43. The van der Waals surface area contributed by atoms with Gasteiger partial charge in [0.2, 0.25) is 0 Å². The molecule has 49 heavy (non-hydrogen) atoms. The lowest BCUT2D eigenvalue weighted by atomic mass is 9.90. The molecule has 0 spiro atoms. The van der Waals surface area contributed by atoms with Crippen LogP contribution in [-0.2, 0) is 19.1 Å². The fourth-order valence-corrected chi connectivity index (χ4v) is 7.07. The molecule has 248 valence electrons. The Morgan fingerprint density at radius 1 is 1.12 bits per heavy atom. The van der Waals surface area contributed by atoms with Gasteiger partial charge in [-0.25, -0.2) is 9.78 Å². The molecule has 0 aliphatic heterocycles. The third-order valence-electron chi connectivity index (χ3n) is 8.04. The van der Waals surface area contributed by atoms with E-state index in [1.165, 1.54) is 46.5 Å². The molecule has 4 heterocycles. The number of alkyl halides is 3. The molecule has 2 aromatic carbocycles. The Kier molecular flexibility index (Phi) is 8.87. The maximum atomic E-state index is 14.5. The number of hydrogen-bond donors (Lipinski definition) is 1. The topological polar surface area (TPSA) is 131 Å². The molecule has 0 radical (unpaired) electrons. The zero-order chi connectivity index (χ0) is 35.2. The number of thiophene rings is 1. The van der Waals surface area contributed by atoms with Crippen LogP contribution < -0.4 is 10.3 Å². The molecule has 0 aliphatic carbocycles. The fraction of sp³-hybridized carbons (Fsp3) is 0.200. The van der Waals surface area contributed by atoms with E-state index in [2.05, 4.69) is 15.0 Å². The van der Waals surface area contributed by atoms with Crippen molar-refractivity contribution in [2.24, 2.45) is 0 Å². The highest BCUT2D eigenvalue weighted by atomic mass is 35.5. The van der Waals surface area contributed by atoms with E-state index in [9.17, 15) is 33.1 Å². The summed E-state index contributed by atoms with van der Waals surface area (Å²) in [4.78, 5) is 38.8. The number of halogens is 4. The minimum Gasteiger partial charge on any atom is -0.491 e. The summed E-state index contributed by atoms with van der Waals surface area (Å²) in [5.41, 5.74) is -0.191. The van der Waals surface area contributed by atoms with Crippen LogP contribution in [0, 0.1) is 25.2 Å². The summed E-state index contributed by atoms with van der Waals surface area (Å²) in [7, 11) is 0. The van der Waals surface area contributed by atoms with Gasteiger partial charge in [-0.2, -0.15) is 18.4 Å². The Labute approximate surface area is 285 Å². The van der Waals surface area contributed by atoms with Crippen molar-refractivity contribution in [3.05, 3.63) is 103 Å². The minimum absolute atomic E-state index is 0.0586. The van der Waals surface area contributed by atoms with E-state index in [4.69, 9.17) is 16.3 Å². The predicted molar refractivity (Wildman–Crippen MR) is 180 cm³/mol. The first kappa shape index (κ1) is 33.6. The molecule has 0 amide bonds. The number of carbonyl (C=O) groups is 1. The number of aryl methyl sites for hydroxylation is 3. The molecule has 0 aliphatic rings. The Hall–Kier alpha value is -5.32. The SMILES string of the molecule is CCc1ncccc1-c1c(C(F)(F)F)cc2nc(C)n(CCOc3ccc(Cl)cc3-c3cc(C)nc4c(C(=O)O)csc34)c(=O)c2c1C#N. The van der Waals surface area contributed by atoms with E-state index in [-0.39, 0.29) is 41.0 Å². The zero-order valence-electron chi connectivity index (χ0n) is 26.1. The van der Waals surface area contributed by atoms with E-state index in [1.807, 2.05) is 6.07 Å². The van der Waals surface area contributed by atoms with E-state index in [0.29, 0.717) is 49.9 Å². The number of nitriles is 1. The van der Waals surface area contributed by atoms with Crippen molar-refractivity contribution in [1.82, 2.24) is 19.5 Å². The summed E-state index contributed by atoms with van der Waals surface area (Å²) in [6, 6.07) is 12.4. The molecule has 0 atom stereocenters. The van der Waals surface area contributed by atoms with Crippen LogP contribution in [0.25, 0.3) is 43.4 Å². The fourth-order valence-electron chi connectivity index (χ4n) is 5.89. The zero-order valence-corrected chi connectivity index (χ0v) is 27.7. The number of aromatic nitrogens is 4. The first-order valence-corrected chi connectivity index (χ1v) is 16.1. The minimum atomic E-state index is -4.85. The summed E-state index contributed by atoms with van der Waals surface area (Å²) in [5, 5.41) is 21.6. The van der Waals surface area contributed by atoms with Crippen molar-refractivity contribution in [1.29, 1.82) is 5.26 Å². The number of rotatable bonds is 8. The molecule has 6 aromatic rings. The van der Waals surface area contributed by atoms with Crippen molar-refractivity contribution in [3.63, 3.8) is 0 Å². The molecule has 0 saturated heterocycles. The number of ether oxygens (including phenoxy) is 1. The average Bonchev–Trinajstić information content (AvgIpc) is 3.49. The lowest BCUT2D eigenvalue weighted by Gasteiger charge is -2.19. The second kappa shape index (κ2) is 12.9. The van der Waals surface area contributed by atoms with Crippen LogP contribution in [0.1, 0.15) is 45.6 Å². The molecule has 6 rings (SSSR count). The van der Waals surface area contributed by atoms with Crippen molar-refractivity contribution in [2.45, 2.75) is 39.9 Å². The van der Waals surface area contributed by atoms with Gasteiger partial charge in [-0.1, -0.05) is 24.6 Å². The van der Waals surface area contributed by atoms with Gasteiger partial charge >= 0.3 is 12.1 Å². The second-order valence-corrected chi connectivity index (χ2v) is 12.4. The Balaban J connectivity index is 1.43. The number of carboxylic acids is 1. The van der Waals surface area contributed by atoms with Crippen LogP contribution in [0.5, 0.6) is 5.75 Å². The highest BCUT2D eigenvalue weighted by Gasteiger charge is 2.37.